The van der Waals surface area contributed by atoms with E-state index in [9.17, 15) is 9.59 Å². The number of hydrogen-bond donors (Lipinski definition) is 2. The zero-order valence-corrected chi connectivity index (χ0v) is 16.0. The predicted molar refractivity (Wildman–Crippen MR) is 108 cm³/mol. The highest BCUT2D eigenvalue weighted by Crippen LogP contribution is 2.35. The first kappa shape index (κ1) is 19.5. The Morgan fingerprint density at radius 3 is 2.22 bits per heavy atom. The van der Waals surface area contributed by atoms with Crippen molar-refractivity contribution in [2.24, 2.45) is 5.73 Å². The molecule has 142 valence electrons. The van der Waals surface area contributed by atoms with Gasteiger partial charge < -0.3 is 11.1 Å². The molecule has 3 N–H and O–H groups in total. The molecular weight excluding hydrogens is 358 g/mol. The van der Waals surface area contributed by atoms with Crippen LogP contribution in [0.4, 0.5) is 0 Å². The molecule has 1 aliphatic rings. The lowest BCUT2D eigenvalue weighted by Crippen LogP contribution is -2.47. The van der Waals surface area contributed by atoms with Gasteiger partial charge in [-0.3, -0.25) is 14.5 Å². The third kappa shape index (κ3) is 5.84. The molecule has 0 bridgehead atoms. The molecule has 2 amide bonds. The Bertz CT molecular complexity index is 747. The third-order valence-corrected chi connectivity index (χ3v) is 5.92. The van der Waals surface area contributed by atoms with Crippen LogP contribution in [0.3, 0.4) is 0 Å². The fraction of sp³-hybridized carbons (Fsp3) is 0.333. The lowest BCUT2D eigenvalue weighted by molar-refractivity contribution is -0.122. The maximum absolute atomic E-state index is 13.1. The van der Waals surface area contributed by atoms with E-state index in [2.05, 4.69) is 5.32 Å². The van der Waals surface area contributed by atoms with Crippen LogP contribution in [0.25, 0.3) is 0 Å². The van der Waals surface area contributed by atoms with Gasteiger partial charge in [-0.25, -0.2) is 0 Å². The van der Waals surface area contributed by atoms with Gasteiger partial charge in [-0.05, 0) is 30.5 Å². The molecule has 1 heterocycles. The van der Waals surface area contributed by atoms with Crippen LogP contribution in [0.2, 0.25) is 0 Å². The number of nitrogens with zero attached hydrogens (tertiary/aromatic N) is 1. The number of hydrogen-bond acceptors (Lipinski definition) is 4. The van der Waals surface area contributed by atoms with Crippen LogP contribution in [0.15, 0.2) is 65.6 Å². The zero-order chi connectivity index (χ0) is 19.1. The van der Waals surface area contributed by atoms with Gasteiger partial charge in [0.2, 0.25) is 11.8 Å². The molecule has 1 atom stereocenters. The van der Waals surface area contributed by atoms with Crippen molar-refractivity contribution >= 4 is 23.6 Å². The summed E-state index contributed by atoms with van der Waals surface area (Å²) >= 11 is 1.56. The number of amides is 2. The smallest absolute Gasteiger partial charge is 0.238 e. The topological polar surface area (TPSA) is 75.4 Å². The van der Waals surface area contributed by atoms with Gasteiger partial charge in [0.1, 0.15) is 5.25 Å². The maximum atomic E-state index is 13.1. The van der Waals surface area contributed by atoms with Crippen LogP contribution >= 0.6 is 11.8 Å². The van der Waals surface area contributed by atoms with Gasteiger partial charge >= 0.3 is 0 Å². The lowest BCUT2D eigenvalue weighted by atomic mass is 10.0. The van der Waals surface area contributed by atoms with Crippen LogP contribution in [0, 0.1) is 0 Å². The van der Waals surface area contributed by atoms with Crippen molar-refractivity contribution in [3.05, 3.63) is 66.2 Å². The number of piperidine rings is 1. The molecule has 1 saturated heterocycles. The largest absolute Gasteiger partial charge is 0.369 e. The van der Waals surface area contributed by atoms with Crippen molar-refractivity contribution in [2.45, 2.75) is 29.0 Å². The van der Waals surface area contributed by atoms with Crippen LogP contribution in [0.5, 0.6) is 0 Å². The molecule has 0 aromatic heterocycles. The average Bonchev–Trinajstić information content (AvgIpc) is 2.68. The van der Waals surface area contributed by atoms with E-state index in [4.69, 9.17) is 5.73 Å². The molecule has 0 saturated carbocycles. The number of carbonyl (C=O) groups is 2. The molecule has 0 radical (unpaired) electrons. The van der Waals surface area contributed by atoms with E-state index in [1.807, 2.05) is 65.6 Å². The molecule has 3 rings (SSSR count). The second-order valence-corrected chi connectivity index (χ2v) is 7.93. The number of nitrogens with two attached hydrogens (primary N) is 1. The van der Waals surface area contributed by atoms with E-state index in [1.54, 1.807) is 11.8 Å². The molecular formula is C21H25N3O2S. The number of rotatable bonds is 7. The summed E-state index contributed by atoms with van der Waals surface area (Å²) in [7, 11) is 0. The monoisotopic (exact) mass is 383 g/mol. The normalized spacial score (nSPS) is 16.6. The Morgan fingerprint density at radius 1 is 1.04 bits per heavy atom. The Kier molecular flexibility index (Phi) is 6.90. The minimum absolute atomic E-state index is 0.0309. The van der Waals surface area contributed by atoms with Crippen LogP contribution < -0.4 is 11.1 Å². The van der Waals surface area contributed by atoms with E-state index in [0.29, 0.717) is 0 Å². The van der Waals surface area contributed by atoms with Crippen LogP contribution in [-0.4, -0.2) is 42.4 Å². The zero-order valence-electron chi connectivity index (χ0n) is 15.2. The third-order valence-electron chi connectivity index (χ3n) is 4.65. The average molecular weight is 384 g/mol. The van der Waals surface area contributed by atoms with E-state index >= 15 is 0 Å². The van der Waals surface area contributed by atoms with Crippen molar-refractivity contribution in [1.82, 2.24) is 10.2 Å². The second kappa shape index (κ2) is 9.58. The van der Waals surface area contributed by atoms with E-state index < -0.39 is 0 Å². The van der Waals surface area contributed by atoms with Gasteiger partial charge in [-0.2, -0.15) is 0 Å². The minimum atomic E-state index is -0.305. The van der Waals surface area contributed by atoms with Crippen LogP contribution in [0.1, 0.15) is 23.7 Å². The number of benzene rings is 2. The predicted octanol–water partition coefficient (Wildman–Crippen LogP) is 2.59. The summed E-state index contributed by atoms with van der Waals surface area (Å²) in [5.41, 5.74) is 6.26. The highest BCUT2D eigenvalue weighted by atomic mass is 32.2. The molecule has 1 fully saturated rings. The number of nitrogens with one attached hydrogen (secondary N) is 1. The SMILES string of the molecule is NC(=O)CN1CCC(NC(=O)C(Sc2ccccc2)c2ccccc2)CC1. The Hall–Kier alpha value is -2.31. The number of carbonyl (C=O) groups excluding carboxylic acids is 2. The van der Waals surface area contributed by atoms with Crippen molar-refractivity contribution in [1.29, 1.82) is 0 Å². The first-order valence-corrected chi connectivity index (χ1v) is 10.1. The Morgan fingerprint density at radius 2 is 1.63 bits per heavy atom. The molecule has 27 heavy (non-hydrogen) atoms. The quantitative estimate of drug-likeness (QED) is 0.721. The van der Waals surface area contributed by atoms with Crippen molar-refractivity contribution in [3.63, 3.8) is 0 Å². The van der Waals surface area contributed by atoms with Crippen molar-refractivity contribution < 1.29 is 9.59 Å². The highest BCUT2D eigenvalue weighted by Gasteiger charge is 2.26. The van der Waals surface area contributed by atoms with E-state index in [1.165, 1.54) is 0 Å². The second-order valence-electron chi connectivity index (χ2n) is 6.75. The lowest BCUT2D eigenvalue weighted by Gasteiger charge is -2.32. The number of primary amides is 1. The maximum Gasteiger partial charge on any atom is 0.238 e. The summed E-state index contributed by atoms with van der Waals surface area (Å²) in [4.78, 5) is 27.2. The van der Waals surface area contributed by atoms with Crippen LogP contribution in [-0.2, 0) is 9.59 Å². The van der Waals surface area contributed by atoms with E-state index in [-0.39, 0.29) is 29.7 Å². The van der Waals surface area contributed by atoms with E-state index in [0.717, 1.165) is 36.4 Å². The number of likely N-dealkylation sites (tertiary alicyclic amines) is 1. The summed E-state index contributed by atoms with van der Waals surface area (Å²) in [6.07, 6.45) is 1.66. The summed E-state index contributed by atoms with van der Waals surface area (Å²) < 4.78 is 0. The van der Waals surface area contributed by atoms with Crippen molar-refractivity contribution in [2.75, 3.05) is 19.6 Å². The van der Waals surface area contributed by atoms with Gasteiger partial charge in [0, 0.05) is 24.0 Å². The Balaban J connectivity index is 1.64. The summed E-state index contributed by atoms with van der Waals surface area (Å²) in [6, 6.07) is 20.0. The Labute approximate surface area is 164 Å². The molecule has 6 heteroatoms. The molecule has 0 spiro atoms. The van der Waals surface area contributed by atoms with Crippen molar-refractivity contribution in [3.8, 4) is 0 Å². The minimum Gasteiger partial charge on any atom is -0.369 e. The van der Waals surface area contributed by atoms with Gasteiger partial charge in [0.05, 0.1) is 6.54 Å². The van der Waals surface area contributed by atoms with Gasteiger partial charge in [-0.15, -0.1) is 11.8 Å². The number of thioether (sulfide) groups is 1. The standard InChI is InChI=1S/C21H25N3O2S/c22-19(25)15-24-13-11-17(12-14-24)23-21(26)20(16-7-3-1-4-8-16)27-18-9-5-2-6-10-18/h1-10,17,20H,11-15H2,(H2,22,25)(H,23,26). The summed E-state index contributed by atoms with van der Waals surface area (Å²) in [5, 5.41) is 2.91. The first-order chi connectivity index (χ1) is 13.1. The van der Waals surface area contributed by atoms with Gasteiger partial charge in [0.15, 0.2) is 0 Å². The van der Waals surface area contributed by atoms with Gasteiger partial charge in [0.25, 0.3) is 0 Å². The fourth-order valence-corrected chi connectivity index (χ4v) is 4.32. The summed E-state index contributed by atoms with van der Waals surface area (Å²) in [6.45, 7) is 1.84. The fourth-order valence-electron chi connectivity index (χ4n) is 3.27. The molecule has 0 aliphatic carbocycles. The summed E-state index contributed by atoms with van der Waals surface area (Å²) in [5.74, 6) is -0.274. The molecule has 1 unspecified atom stereocenters. The highest BCUT2D eigenvalue weighted by molar-refractivity contribution is 8.00. The molecule has 5 nitrogen and oxygen atoms in total. The van der Waals surface area contributed by atoms with Gasteiger partial charge in [-0.1, -0.05) is 48.5 Å². The first-order valence-electron chi connectivity index (χ1n) is 9.19. The molecule has 2 aromatic carbocycles. The molecule has 2 aromatic rings. The molecule has 1 aliphatic heterocycles.